The van der Waals surface area contributed by atoms with Crippen LogP contribution in [-0.4, -0.2) is 18.9 Å². The molecule has 0 heterocycles. The maximum absolute atomic E-state index is 12.0. The molecule has 0 saturated carbocycles. The summed E-state index contributed by atoms with van der Waals surface area (Å²) in [5.41, 5.74) is 0. The molecule has 68 valence electrons. The van der Waals surface area contributed by atoms with Crippen molar-refractivity contribution in [2.45, 2.75) is 25.6 Å². The fourth-order valence-electron chi connectivity index (χ4n) is 0.496. The second kappa shape index (κ2) is 3.34. The van der Waals surface area contributed by atoms with Crippen molar-refractivity contribution in [2.24, 2.45) is 0 Å². The van der Waals surface area contributed by atoms with E-state index in [0.29, 0.717) is 0 Å². The van der Waals surface area contributed by atoms with E-state index in [1.54, 1.807) is 0 Å². The van der Waals surface area contributed by atoms with Crippen LogP contribution in [-0.2, 0) is 4.74 Å². The van der Waals surface area contributed by atoms with E-state index in [1.165, 1.54) is 6.92 Å². The molecular weight excluding hydrogens is 171 g/mol. The highest BCUT2D eigenvalue weighted by Gasteiger charge is 2.44. The average molecular weight is 178 g/mol. The van der Waals surface area contributed by atoms with E-state index in [9.17, 15) is 22.0 Å². The van der Waals surface area contributed by atoms with Crippen LogP contribution in [0.5, 0.6) is 0 Å². The van der Waals surface area contributed by atoms with E-state index < -0.39 is 25.3 Å². The Morgan fingerprint density at radius 1 is 1.09 bits per heavy atom. The molecule has 0 saturated heterocycles. The van der Waals surface area contributed by atoms with Gasteiger partial charge in [0.05, 0.1) is 6.61 Å². The van der Waals surface area contributed by atoms with Crippen molar-refractivity contribution in [2.75, 3.05) is 6.61 Å². The average Bonchev–Trinajstić information content (AvgIpc) is 1.55. The highest BCUT2D eigenvalue weighted by atomic mass is 19.4. The summed E-state index contributed by atoms with van der Waals surface area (Å²) >= 11 is 0. The molecule has 11 heavy (non-hydrogen) atoms. The lowest BCUT2D eigenvalue weighted by Gasteiger charge is -2.16. The number of rotatable bonds is 3. The number of halogens is 5. The summed E-state index contributed by atoms with van der Waals surface area (Å²) in [6.45, 7) is 0.757. The Morgan fingerprint density at radius 2 is 1.55 bits per heavy atom. The molecule has 0 aromatic heterocycles. The standard InChI is InChI=1S/C5H7F5O/c1-2-11-5(9,10)3-4(6,7)8/h2-3H2,1H3. The van der Waals surface area contributed by atoms with Gasteiger partial charge in [0.2, 0.25) is 0 Å². The molecule has 0 N–H and O–H groups in total. The lowest BCUT2D eigenvalue weighted by Crippen LogP contribution is -2.28. The Bertz CT molecular complexity index is 119. The van der Waals surface area contributed by atoms with Crippen LogP contribution in [0.25, 0.3) is 0 Å². The molecule has 1 nitrogen and oxygen atoms in total. The second-order valence-electron chi connectivity index (χ2n) is 1.86. The van der Waals surface area contributed by atoms with Gasteiger partial charge in [-0.2, -0.15) is 22.0 Å². The molecule has 0 aliphatic heterocycles. The van der Waals surface area contributed by atoms with Gasteiger partial charge in [0.25, 0.3) is 0 Å². The number of hydrogen-bond acceptors (Lipinski definition) is 1. The molecule has 0 amide bonds. The highest BCUT2D eigenvalue weighted by Crippen LogP contribution is 2.31. The zero-order chi connectivity index (χ0) is 9.12. The van der Waals surface area contributed by atoms with Crippen LogP contribution < -0.4 is 0 Å². The molecule has 0 aromatic rings. The van der Waals surface area contributed by atoms with Crippen LogP contribution in [0.4, 0.5) is 22.0 Å². The predicted molar refractivity (Wildman–Crippen MR) is 27.2 cm³/mol. The molecule has 0 bridgehead atoms. The van der Waals surface area contributed by atoms with Crippen LogP contribution in [0.2, 0.25) is 0 Å². The third kappa shape index (κ3) is 6.03. The monoisotopic (exact) mass is 178 g/mol. The van der Waals surface area contributed by atoms with Crippen molar-refractivity contribution >= 4 is 0 Å². The van der Waals surface area contributed by atoms with E-state index in [4.69, 9.17) is 0 Å². The van der Waals surface area contributed by atoms with Crippen molar-refractivity contribution in [3.63, 3.8) is 0 Å². The number of hydrogen-bond donors (Lipinski definition) is 0. The van der Waals surface area contributed by atoms with E-state index in [1.807, 2.05) is 0 Å². The molecule has 0 aliphatic carbocycles. The first kappa shape index (κ1) is 10.6. The Balaban J connectivity index is 3.91. The molecule has 0 fully saturated rings. The quantitative estimate of drug-likeness (QED) is 0.603. The molecule has 0 aromatic carbocycles. The van der Waals surface area contributed by atoms with Crippen molar-refractivity contribution in [1.29, 1.82) is 0 Å². The Kier molecular flexibility index (Phi) is 3.22. The summed E-state index contributed by atoms with van der Waals surface area (Å²) in [5, 5.41) is 0. The Labute approximate surface area is 60.1 Å². The van der Waals surface area contributed by atoms with Gasteiger partial charge in [0.15, 0.2) is 0 Å². The first-order valence-electron chi connectivity index (χ1n) is 2.85. The van der Waals surface area contributed by atoms with Gasteiger partial charge < -0.3 is 4.74 Å². The Hall–Kier alpha value is -0.390. The van der Waals surface area contributed by atoms with E-state index in [2.05, 4.69) is 4.74 Å². The first-order valence-corrected chi connectivity index (χ1v) is 2.85. The van der Waals surface area contributed by atoms with Crippen LogP contribution in [0, 0.1) is 0 Å². The van der Waals surface area contributed by atoms with Crippen molar-refractivity contribution < 1.29 is 26.7 Å². The lowest BCUT2D eigenvalue weighted by molar-refractivity contribution is -0.290. The molecule has 0 spiro atoms. The molecule has 0 atom stereocenters. The fraction of sp³-hybridized carbons (Fsp3) is 1.00. The maximum Gasteiger partial charge on any atom is 0.397 e. The van der Waals surface area contributed by atoms with Crippen molar-refractivity contribution in [3.05, 3.63) is 0 Å². The van der Waals surface area contributed by atoms with E-state index in [0.717, 1.165) is 0 Å². The molecule has 0 radical (unpaired) electrons. The van der Waals surface area contributed by atoms with Gasteiger partial charge in [-0.3, -0.25) is 0 Å². The fourth-order valence-corrected chi connectivity index (χ4v) is 0.496. The molecule has 0 unspecified atom stereocenters. The van der Waals surface area contributed by atoms with Crippen LogP contribution >= 0.6 is 0 Å². The van der Waals surface area contributed by atoms with Crippen LogP contribution in [0.1, 0.15) is 13.3 Å². The molecular formula is C5H7F5O. The van der Waals surface area contributed by atoms with Gasteiger partial charge in [0, 0.05) is 0 Å². The van der Waals surface area contributed by atoms with Crippen molar-refractivity contribution in [1.82, 2.24) is 0 Å². The minimum atomic E-state index is -4.89. The van der Waals surface area contributed by atoms with Gasteiger partial charge in [-0.15, -0.1) is 0 Å². The van der Waals surface area contributed by atoms with Gasteiger partial charge in [-0.05, 0) is 6.92 Å². The SMILES string of the molecule is CCOC(F)(F)CC(F)(F)F. The smallest absolute Gasteiger partial charge is 0.321 e. The summed E-state index contributed by atoms with van der Waals surface area (Å²) in [6, 6.07) is 0. The molecule has 0 aliphatic rings. The normalized spacial score (nSPS) is 13.6. The third-order valence-electron chi connectivity index (χ3n) is 0.762. The highest BCUT2D eigenvalue weighted by molar-refractivity contribution is 4.59. The largest absolute Gasteiger partial charge is 0.397 e. The zero-order valence-corrected chi connectivity index (χ0v) is 5.71. The van der Waals surface area contributed by atoms with Gasteiger partial charge in [-0.1, -0.05) is 0 Å². The van der Waals surface area contributed by atoms with E-state index in [-0.39, 0.29) is 0 Å². The molecule has 6 heteroatoms. The third-order valence-corrected chi connectivity index (χ3v) is 0.762. The van der Waals surface area contributed by atoms with Crippen LogP contribution in [0.3, 0.4) is 0 Å². The molecule has 0 rings (SSSR count). The minimum Gasteiger partial charge on any atom is -0.321 e. The minimum absolute atomic E-state index is 0.441. The van der Waals surface area contributed by atoms with Gasteiger partial charge >= 0.3 is 12.3 Å². The van der Waals surface area contributed by atoms with Gasteiger partial charge in [-0.25, -0.2) is 0 Å². The first-order chi connectivity index (χ1) is 4.77. The lowest BCUT2D eigenvalue weighted by atomic mass is 10.4. The summed E-state index contributed by atoms with van der Waals surface area (Å²) in [6.07, 6.45) is -11.2. The van der Waals surface area contributed by atoms with Crippen molar-refractivity contribution in [3.8, 4) is 0 Å². The van der Waals surface area contributed by atoms with Gasteiger partial charge in [0.1, 0.15) is 6.42 Å². The second-order valence-corrected chi connectivity index (χ2v) is 1.86. The van der Waals surface area contributed by atoms with Crippen LogP contribution in [0.15, 0.2) is 0 Å². The topological polar surface area (TPSA) is 9.23 Å². The number of ether oxygens (including phenoxy) is 1. The van der Waals surface area contributed by atoms with E-state index >= 15 is 0 Å². The summed E-state index contributed by atoms with van der Waals surface area (Å²) in [5.74, 6) is 0. The summed E-state index contributed by atoms with van der Waals surface area (Å²) in [7, 11) is 0. The summed E-state index contributed by atoms with van der Waals surface area (Å²) in [4.78, 5) is 0. The summed E-state index contributed by atoms with van der Waals surface area (Å²) < 4.78 is 61.5. The maximum atomic E-state index is 12.0. The predicted octanol–water partition coefficient (Wildman–Crippen LogP) is 2.57. The Morgan fingerprint density at radius 3 is 1.82 bits per heavy atom. The zero-order valence-electron chi connectivity index (χ0n) is 5.71. The number of alkyl halides is 5.